The van der Waals surface area contributed by atoms with Crippen LogP contribution in [-0.4, -0.2) is 31.1 Å². The summed E-state index contributed by atoms with van der Waals surface area (Å²) < 4.78 is 38.5. The largest absolute Gasteiger partial charge is 0.416 e. The molecule has 0 radical (unpaired) electrons. The molecule has 0 atom stereocenters. The molecule has 2 nitrogen and oxygen atoms in total. The van der Waals surface area contributed by atoms with E-state index in [9.17, 15) is 13.2 Å². The maximum atomic E-state index is 12.8. The summed E-state index contributed by atoms with van der Waals surface area (Å²) in [6.07, 6.45) is -0.883. The molecule has 2 aliphatic rings. The van der Waals surface area contributed by atoms with Gasteiger partial charge in [0.05, 0.1) is 5.56 Å². The Morgan fingerprint density at radius 2 is 1.87 bits per heavy atom. The highest BCUT2D eigenvalue weighted by Crippen LogP contribution is 2.40. The zero-order chi connectivity index (χ0) is 15.8. The van der Waals surface area contributed by atoms with E-state index in [1.807, 2.05) is 0 Å². The van der Waals surface area contributed by atoms with E-state index >= 15 is 0 Å². The Labute approximate surface area is 145 Å². The highest BCUT2D eigenvalue weighted by atomic mass is 35.5. The molecule has 0 unspecified atom stereocenters. The number of piperidine rings is 1. The molecule has 0 aromatic heterocycles. The number of likely N-dealkylation sites (tertiary alicyclic amines) is 1. The van der Waals surface area contributed by atoms with Crippen molar-refractivity contribution >= 4 is 24.0 Å². The summed E-state index contributed by atoms with van der Waals surface area (Å²) in [5.41, 5.74) is 0.296. The van der Waals surface area contributed by atoms with Gasteiger partial charge in [-0.3, -0.25) is 4.90 Å². The summed E-state index contributed by atoms with van der Waals surface area (Å²) in [4.78, 5) is 2.24. The lowest BCUT2D eigenvalue weighted by Gasteiger charge is -2.34. The quantitative estimate of drug-likeness (QED) is 0.834. The van der Waals surface area contributed by atoms with Crippen molar-refractivity contribution in [2.24, 2.45) is 5.41 Å². The van der Waals surface area contributed by atoms with Crippen LogP contribution in [0.2, 0.25) is 5.02 Å². The number of halogens is 5. The van der Waals surface area contributed by atoms with Crippen molar-refractivity contribution in [1.82, 2.24) is 10.2 Å². The molecule has 0 aliphatic carbocycles. The highest BCUT2D eigenvalue weighted by molar-refractivity contribution is 6.31. The van der Waals surface area contributed by atoms with Crippen molar-refractivity contribution in [2.45, 2.75) is 32.0 Å². The van der Waals surface area contributed by atoms with Gasteiger partial charge in [-0.2, -0.15) is 13.2 Å². The molecule has 1 aromatic carbocycles. The van der Waals surface area contributed by atoms with Crippen molar-refractivity contribution in [3.8, 4) is 0 Å². The number of nitrogens with zero attached hydrogens (tertiary/aromatic N) is 1. The van der Waals surface area contributed by atoms with Crippen LogP contribution in [-0.2, 0) is 12.7 Å². The van der Waals surface area contributed by atoms with Gasteiger partial charge in [0.2, 0.25) is 0 Å². The van der Waals surface area contributed by atoms with Crippen LogP contribution >= 0.6 is 24.0 Å². The Balaban J connectivity index is 0.00000192. The zero-order valence-electron chi connectivity index (χ0n) is 12.8. The van der Waals surface area contributed by atoms with Gasteiger partial charge in [0.15, 0.2) is 0 Å². The third-order valence-corrected chi connectivity index (χ3v) is 5.32. The molecule has 1 spiro atoms. The summed E-state index contributed by atoms with van der Waals surface area (Å²) in [6, 6.07) is 3.59. The second-order valence-corrected chi connectivity index (χ2v) is 6.92. The third kappa shape index (κ3) is 4.32. The fourth-order valence-corrected chi connectivity index (χ4v) is 3.82. The van der Waals surface area contributed by atoms with Gasteiger partial charge in [0, 0.05) is 18.1 Å². The smallest absolute Gasteiger partial charge is 0.317 e. The predicted octanol–water partition coefficient (Wildman–Crippen LogP) is 4.36. The molecule has 23 heavy (non-hydrogen) atoms. The number of alkyl halides is 3. The first-order valence-electron chi connectivity index (χ1n) is 7.67. The minimum atomic E-state index is -4.32. The van der Waals surface area contributed by atoms with Crippen molar-refractivity contribution < 1.29 is 13.2 Å². The van der Waals surface area contributed by atoms with E-state index in [4.69, 9.17) is 11.6 Å². The first kappa shape index (κ1) is 18.8. The Kier molecular flexibility index (Phi) is 5.88. The average Bonchev–Trinajstić information content (AvgIpc) is 2.83. The normalized spacial score (nSPS) is 21.4. The molecule has 7 heteroatoms. The standard InChI is InChI=1S/C16H20ClF3N2.ClH/c17-14-2-1-13(16(18,19)20)9-12(14)10-22-8-5-15(11-22)3-6-21-7-4-15;/h1-2,9,21H,3-8,10-11H2;1H. The molecule has 0 bridgehead atoms. The van der Waals surface area contributed by atoms with Gasteiger partial charge in [-0.05, 0) is 68.1 Å². The molecule has 0 saturated carbocycles. The minimum Gasteiger partial charge on any atom is -0.317 e. The maximum absolute atomic E-state index is 12.8. The molecule has 2 saturated heterocycles. The lowest BCUT2D eigenvalue weighted by molar-refractivity contribution is -0.137. The van der Waals surface area contributed by atoms with Crippen LogP contribution in [0.3, 0.4) is 0 Å². The van der Waals surface area contributed by atoms with E-state index in [1.54, 1.807) is 0 Å². The SMILES string of the molecule is Cl.FC(F)(F)c1ccc(Cl)c(CN2CCC3(CCNCC3)C2)c1. The monoisotopic (exact) mass is 368 g/mol. The molecule has 2 aliphatic heterocycles. The number of benzene rings is 1. The van der Waals surface area contributed by atoms with Gasteiger partial charge in [0.1, 0.15) is 0 Å². The number of nitrogens with one attached hydrogen (secondary N) is 1. The molecular weight excluding hydrogens is 348 g/mol. The van der Waals surface area contributed by atoms with Crippen LogP contribution in [0, 0.1) is 5.41 Å². The van der Waals surface area contributed by atoms with Crippen LogP contribution in [0.1, 0.15) is 30.4 Å². The average molecular weight is 369 g/mol. The Bertz CT molecular complexity index is 543. The molecule has 1 N–H and O–H groups in total. The maximum Gasteiger partial charge on any atom is 0.416 e. The van der Waals surface area contributed by atoms with E-state index < -0.39 is 11.7 Å². The first-order valence-corrected chi connectivity index (χ1v) is 8.05. The number of rotatable bonds is 2. The summed E-state index contributed by atoms with van der Waals surface area (Å²) in [6.45, 7) is 4.47. The fourth-order valence-electron chi connectivity index (χ4n) is 3.64. The lowest BCUT2D eigenvalue weighted by Crippen LogP contribution is -2.38. The zero-order valence-corrected chi connectivity index (χ0v) is 14.3. The second kappa shape index (κ2) is 7.18. The Morgan fingerprint density at radius 3 is 2.52 bits per heavy atom. The van der Waals surface area contributed by atoms with Crippen LogP contribution in [0.25, 0.3) is 0 Å². The third-order valence-electron chi connectivity index (χ3n) is 4.95. The van der Waals surface area contributed by atoms with Crippen molar-refractivity contribution in [3.05, 3.63) is 34.3 Å². The van der Waals surface area contributed by atoms with Crippen LogP contribution in [0.15, 0.2) is 18.2 Å². The summed E-state index contributed by atoms with van der Waals surface area (Å²) >= 11 is 6.10. The van der Waals surface area contributed by atoms with Crippen molar-refractivity contribution in [3.63, 3.8) is 0 Å². The second-order valence-electron chi connectivity index (χ2n) is 6.51. The number of hydrogen-bond donors (Lipinski definition) is 1. The van der Waals surface area contributed by atoms with Gasteiger partial charge < -0.3 is 5.32 Å². The minimum absolute atomic E-state index is 0. The Morgan fingerprint density at radius 1 is 1.17 bits per heavy atom. The van der Waals surface area contributed by atoms with E-state index in [1.165, 1.54) is 12.1 Å². The number of hydrogen-bond acceptors (Lipinski definition) is 2. The summed E-state index contributed by atoms with van der Waals surface area (Å²) in [5.74, 6) is 0. The first-order chi connectivity index (χ1) is 10.4. The molecular formula is C16H21Cl2F3N2. The van der Waals surface area contributed by atoms with Gasteiger partial charge in [0.25, 0.3) is 0 Å². The Hall–Kier alpha value is -0.490. The topological polar surface area (TPSA) is 15.3 Å². The molecule has 130 valence electrons. The van der Waals surface area contributed by atoms with Crippen LogP contribution < -0.4 is 5.32 Å². The summed E-state index contributed by atoms with van der Waals surface area (Å²) in [7, 11) is 0. The lowest BCUT2D eigenvalue weighted by atomic mass is 9.78. The van der Waals surface area contributed by atoms with Crippen LogP contribution in [0.5, 0.6) is 0 Å². The molecule has 1 aromatic rings. The van der Waals surface area contributed by atoms with E-state index in [0.717, 1.165) is 51.5 Å². The van der Waals surface area contributed by atoms with Crippen molar-refractivity contribution in [2.75, 3.05) is 26.2 Å². The van der Waals surface area contributed by atoms with Gasteiger partial charge >= 0.3 is 6.18 Å². The van der Waals surface area contributed by atoms with Crippen molar-refractivity contribution in [1.29, 1.82) is 0 Å². The fraction of sp³-hybridized carbons (Fsp3) is 0.625. The highest BCUT2D eigenvalue weighted by Gasteiger charge is 2.39. The van der Waals surface area contributed by atoms with Crippen LogP contribution in [0.4, 0.5) is 13.2 Å². The predicted molar refractivity (Wildman–Crippen MR) is 88.1 cm³/mol. The molecule has 2 fully saturated rings. The molecule has 2 heterocycles. The van der Waals surface area contributed by atoms with Gasteiger partial charge in [-0.25, -0.2) is 0 Å². The molecule has 3 rings (SSSR count). The van der Waals surface area contributed by atoms with Gasteiger partial charge in [-0.15, -0.1) is 12.4 Å². The van der Waals surface area contributed by atoms with E-state index in [0.29, 0.717) is 22.5 Å². The van der Waals surface area contributed by atoms with Gasteiger partial charge in [-0.1, -0.05) is 11.6 Å². The van der Waals surface area contributed by atoms with E-state index in [2.05, 4.69) is 10.2 Å². The summed E-state index contributed by atoms with van der Waals surface area (Å²) in [5, 5.41) is 3.78. The molecule has 0 amide bonds. The van der Waals surface area contributed by atoms with E-state index in [-0.39, 0.29) is 12.4 Å².